The molecule has 3 rings (SSSR count). The minimum Gasteiger partial charge on any atom is -0.296 e. The summed E-state index contributed by atoms with van der Waals surface area (Å²) in [5, 5.41) is 3.41. The van der Waals surface area contributed by atoms with Gasteiger partial charge in [0, 0.05) is 10.6 Å². The van der Waals surface area contributed by atoms with Gasteiger partial charge in [-0.2, -0.15) is 0 Å². The normalized spacial score (nSPS) is 13.1. The van der Waals surface area contributed by atoms with Crippen molar-refractivity contribution in [3.8, 4) is 0 Å². The first kappa shape index (κ1) is 24.4. The van der Waals surface area contributed by atoms with E-state index in [0.717, 1.165) is 31.2 Å². The van der Waals surface area contributed by atoms with Crippen LogP contribution in [0.25, 0.3) is 0 Å². The molecule has 0 aliphatic carbocycles. The van der Waals surface area contributed by atoms with Gasteiger partial charge < -0.3 is 0 Å². The lowest BCUT2D eigenvalue weighted by molar-refractivity contribution is 0.533. The van der Waals surface area contributed by atoms with Gasteiger partial charge in [0.1, 0.15) is 5.37 Å². The van der Waals surface area contributed by atoms with Crippen LogP contribution in [-0.2, 0) is 14.4 Å². The van der Waals surface area contributed by atoms with E-state index in [-0.39, 0.29) is 4.90 Å². The SMILES string of the molecule is CCCCCCC(NP(=O)(c1ccccc1)c1ccccc1)S(=O)(=O)c1ccc(C)cc1. The number of nitrogens with one attached hydrogen (secondary N) is 1. The second kappa shape index (κ2) is 11.1. The molecule has 1 atom stereocenters. The average Bonchev–Trinajstić information content (AvgIpc) is 2.82. The number of aryl methyl sites for hydroxylation is 1. The highest BCUT2D eigenvalue weighted by atomic mass is 32.2. The van der Waals surface area contributed by atoms with Crippen LogP contribution >= 0.6 is 7.29 Å². The Bertz CT molecular complexity index is 1090. The third-order valence-corrected chi connectivity index (χ3v) is 10.5. The lowest BCUT2D eigenvalue weighted by Crippen LogP contribution is -2.40. The van der Waals surface area contributed by atoms with Crippen molar-refractivity contribution < 1.29 is 13.0 Å². The molecule has 0 heterocycles. The molecule has 0 saturated carbocycles. The number of hydrogen-bond acceptors (Lipinski definition) is 3. The molecule has 3 aromatic rings. The fourth-order valence-corrected chi connectivity index (χ4v) is 8.35. The number of unbranched alkanes of at least 4 members (excludes halogenated alkanes) is 3. The van der Waals surface area contributed by atoms with Crippen molar-refractivity contribution in [2.45, 2.75) is 56.2 Å². The van der Waals surface area contributed by atoms with Gasteiger partial charge in [-0.25, -0.2) is 13.5 Å². The second-order valence-electron chi connectivity index (χ2n) is 8.11. The number of sulfone groups is 1. The number of hydrogen-bond donors (Lipinski definition) is 1. The monoisotopic (exact) mass is 469 g/mol. The van der Waals surface area contributed by atoms with Gasteiger partial charge in [0.25, 0.3) is 0 Å². The fraction of sp³-hybridized carbons (Fsp3) is 0.308. The molecule has 170 valence electrons. The average molecular weight is 470 g/mol. The first-order valence-corrected chi connectivity index (χ1v) is 14.4. The lowest BCUT2D eigenvalue weighted by Gasteiger charge is -2.27. The summed E-state index contributed by atoms with van der Waals surface area (Å²) in [6, 6.07) is 25.1. The van der Waals surface area contributed by atoms with Crippen molar-refractivity contribution in [1.82, 2.24) is 5.09 Å². The van der Waals surface area contributed by atoms with E-state index >= 15 is 0 Å². The number of benzene rings is 3. The van der Waals surface area contributed by atoms with Gasteiger partial charge in [-0.15, -0.1) is 0 Å². The van der Waals surface area contributed by atoms with Crippen molar-refractivity contribution >= 4 is 27.7 Å². The fourth-order valence-electron chi connectivity index (χ4n) is 3.71. The zero-order valence-electron chi connectivity index (χ0n) is 18.8. The highest BCUT2D eigenvalue weighted by Gasteiger charge is 2.36. The smallest absolute Gasteiger partial charge is 0.205 e. The van der Waals surface area contributed by atoms with E-state index in [1.807, 2.05) is 43.3 Å². The van der Waals surface area contributed by atoms with Crippen LogP contribution in [0.15, 0.2) is 89.8 Å². The van der Waals surface area contributed by atoms with Crippen LogP contribution in [0.3, 0.4) is 0 Å². The van der Waals surface area contributed by atoms with Gasteiger partial charge in [-0.3, -0.25) is 4.57 Å². The summed E-state index contributed by atoms with van der Waals surface area (Å²) in [6.45, 7) is 4.05. The molecule has 32 heavy (non-hydrogen) atoms. The molecule has 0 saturated heterocycles. The molecule has 6 heteroatoms. The summed E-state index contributed by atoms with van der Waals surface area (Å²) < 4.78 is 41.8. The second-order valence-corrected chi connectivity index (χ2v) is 12.7. The molecule has 0 fully saturated rings. The summed E-state index contributed by atoms with van der Waals surface area (Å²) in [6.07, 6.45) is 4.21. The van der Waals surface area contributed by atoms with Crippen molar-refractivity contribution in [3.63, 3.8) is 0 Å². The van der Waals surface area contributed by atoms with Gasteiger partial charge in [0.15, 0.2) is 9.84 Å². The Morgan fingerprint density at radius 3 is 1.81 bits per heavy atom. The van der Waals surface area contributed by atoms with Crippen LogP contribution in [0.5, 0.6) is 0 Å². The Morgan fingerprint density at radius 2 is 1.31 bits per heavy atom. The molecule has 4 nitrogen and oxygen atoms in total. The highest BCUT2D eigenvalue weighted by Crippen LogP contribution is 2.41. The predicted molar refractivity (Wildman–Crippen MR) is 134 cm³/mol. The molecule has 0 aliphatic heterocycles. The summed E-state index contributed by atoms with van der Waals surface area (Å²) in [5.41, 5.74) is 0.996. The predicted octanol–water partition coefficient (Wildman–Crippen LogP) is 5.58. The maximum atomic E-state index is 14.5. The first-order chi connectivity index (χ1) is 15.4. The van der Waals surface area contributed by atoms with Crippen LogP contribution in [0.4, 0.5) is 0 Å². The highest BCUT2D eigenvalue weighted by molar-refractivity contribution is 7.92. The summed E-state index contributed by atoms with van der Waals surface area (Å²) in [4.78, 5) is 0.253. The Balaban J connectivity index is 2.04. The molecule has 0 amide bonds. The van der Waals surface area contributed by atoms with Crippen LogP contribution in [0.1, 0.15) is 44.6 Å². The van der Waals surface area contributed by atoms with Gasteiger partial charge in [-0.05, 0) is 49.7 Å². The van der Waals surface area contributed by atoms with Crippen molar-refractivity contribution in [2.75, 3.05) is 0 Å². The molecule has 0 radical (unpaired) electrons. The van der Waals surface area contributed by atoms with Crippen LogP contribution in [0.2, 0.25) is 0 Å². The first-order valence-electron chi connectivity index (χ1n) is 11.2. The van der Waals surface area contributed by atoms with E-state index in [2.05, 4.69) is 12.0 Å². The van der Waals surface area contributed by atoms with Crippen LogP contribution in [0, 0.1) is 6.92 Å². The number of rotatable bonds is 11. The molecule has 0 aromatic heterocycles. The molecular weight excluding hydrogens is 437 g/mol. The Labute approximate surface area is 192 Å². The molecule has 0 bridgehead atoms. The molecular formula is C26H32NO3PS. The van der Waals surface area contributed by atoms with E-state index in [1.54, 1.807) is 48.5 Å². The van der Waals surface area contributed by atoms with E-state index in [0.29, 0.717) is 17.0 Å². The topological polar surface area (TPSA) is 63.2 Å². The summed E-state index contributed by atoms with van der Waals surface area (Å²) in [5.74, 6) is 0. The lowest BCUT2D eigenvalue weighted by atomic mass is 10.1. The molecule has 0 spiro atoms. The third-order valence-electron chi connectivity index (χ3n) is 5.61. The van der Waals surface area contributed by atoms with E-state index in [9.17, 15) is 13.0 Å². The zero-order chi connectivity index (χ0) is 23.0. The molecule has 0 aliphatic rings. The molecule has 1 N–H and O–H groups in total. The van der Waals surface area contributed by atoms with E-state index in [1.165, 1.54) is 0 Å². The zero-order valence-corrected chi connectivity index (χ0v) is 20.5. The molecule has 1 unspecified atom stereocenters. The Kier molecular flexibility index (Phi) is 8.47. The minimum absolute atomic E-state index is 0.253. The quantitative estimate of drug-likeness (QED) is 0.294. The Morgan fingerprint density at radius 1 is 0.781 bits per heavy atom. The van der Waals surface area contributed by atoms with Crippen molar-refractivity contribution in [2.24, 2.45) is 0 Å². The Hall–Kier alpha value is -2.20. The minimum atomic E-state index is -3.74. The maximum Gasteiger partial charge on any atom is 0.205 e. The third kappa shape index (κ3) is 5.78. The van der Waals surface area contributed by atoms with Gasteiger partial charge in [0.2, 0.25) is 7.29 Å². The summed E-state index contributed by atoms with van der Waals surface area (Å²) >= 11 is 0. The van der Waals surface area contributed by atoms with Gasteiger partial charge in [0.05, 0.1) is 4.90 Å². The summed E-state index contributed by atoms with van der Waals surface area (Å²) in [7, 11) is -7.13. The largest absolute Gasteiger partial charge is 0.296 e. The van der Waals surface area contributed by atoms with E-state index < -0.39 is 22.5 Å². The maximum absolute atomic E-state index is 14.5. The van der Waals surface area contributed by atoms with E-state index in [4.69, 9.17) is 0 Å². The van der Waals surface area contributed by atoms with Gasteiger partial charge >= 0.3 is 0 Å². The van der Waals surface area contributed by atoms with Crippen LogP contribution in [-0.4, -0.2) is 13.8 Å². The molecule has 3 aromatic carbocycles. The van der Waals surface area contributed by atoms with Gasteiger partial charge in [-0.1, -0.05) is 86.7 Å². The van der Waals surface area contributed by atoms with Crippen molar-refractivity contribution in [1.29, 1.82) is 0 Å². The van der Waals surface area contributed by atoms with Crippen molar-refractivity contribution in [3.05, 3.63) is 90.5 Å². The standard InChI is InChI=1S/C26H32NO3PS/c1-3-4-5-12-17-26(32(29,30)25-20-18-22(2)19-21-25)27-31(28,23-13-8-6-9-14-23)24-15-10-7-11-16-24/h6-11,13-16,18-21,26H,3-5,12,17H2,1-2H3,(H,27,28). The van der Waals surface area contributed by atoms with Crippen LogP contribution < -0.4 is 15.7 Å².